The van der Waals surface area contributed by atoms with Gasteiger partial charge in [-0.3, -0.25) is 0 Å². The number of ether oxygens (including phenoxy) is 1. The predicted molar refractivity (Wildman–Crippen MR) is 51.5 cm³/mol. The maximum absolute atomic E-state index is 9.02. The third-order valence-corrected chi connectivity index (χ3v) is 1.67. The predicted octanol–water partition coefficient (Wildman–Crippen LogP) is 0.905. The Labute approximate surface area is 78.1 Å². The first-order valence-corrected chi connectivity index (χ1v) is 4.33. The number of hydrogen-bond acceptors (Lipinski definition) is 3. The van der Waals surface area contributed by atoms with Gasteiger partial charge in [0.15, 0.2) is 0 Å². The molecule has 72 valence electrons. The summed E-state index contributed by atoms with van der Waals surface area (Å²) in [5.74, 6) is 0.755. The Morgan fingerprint density at radius 2 is 2.15 bits per heavy atom. The van der Waals surface area contributed by atoms with Crippen molar-refractivity contribution < 1.29 is 9.84 Å². The number of hydrogen-bond donors (Lipinski definition) is 2. The highest BCUT2D eigenvalue weighted by molar-refractivity contribution is 5.32. The molecule has 0 spiro atoms. The monoisotopic (exact) mass is 181 g/mol. The summed E-state index contributed by atoms with van der Waals surface area (Å²) < 4.78 is 5.36. The number of benzene rings is 1. The largest absolute Gasteiger partial charge is 0.491 e. The van der Waals surface area contributed by atoms with Crippen molar-refractivity contribution in [1.82, 2.24) is 0 Å². The van der Waals surface area contributed by atoms with Gasteiger partial charge in [-0.25, -0.2) is 0 Å². The molecule has 0 heterocycles. The molecule has 3 nitrogen and oxygen atoms in total. The fraction of sp³-hybridized carbons (Fsp3) is 0.400. The smallest absolute Gasteiger partial charge is 0.123 e. The Bertz CT molecular complexity index is 261. The molecule has 0 radical (unpaired) electrons. The summed E-state index contributed by atoms with van der Waals surface area (Å²) >= 11 is 0. The Morgan fingerprint density at radius 3 is 2.77 bits per heavy atom. The Hall–Kier alpha value is -1.06. The summed E-state index contributed by atoms with van der Waals surface area (Å²) in [6.45, 7) is 2.44. The highest BCUT2D eigenvalue weighted by Gasteiger charge is 2.02. The number of aliphatic hydroxyl groups is 1. The molecular formula is C10H15NO2. The van der Waals surface area contributed by atoms with Gasteiger partial charge in [0, 0.05) is 12.1 Å². The van der Waals surface area contributed by atoms with E-state index < -0.39 is 6.10 Å². The molecule has 3 heteroatoms. The molecule has 0 aliphatic rings. The quantitative estimate of drug-likeness (QED) is 0.725. The van der Waals surface area contributed by atoms with Gasteiger partial charge in [-0.05, 0) is 13.0 Å². The van der Waals surface area contributed by atoms with Gasteiger partial charge in [0.25, 0.3) is 0 Å². The van der Waals surface area contributed by atoms with Crippen LogP contribution in [0.25, 0.3) is 0 Å². The van der Waals surface area contributed by atoms with Gasteiger partial charge in [0.05, 0.1) is 6.10 Å². The fourth-order valence-corrected chi connectivity index (χ4v) is 1.02. The molecule has 0 bridgehead atoms. The van der Waals surface area contributed by atoms with Crippen LogP contribution in [0.15, 0.2) is 24.3 Å². The SMILES string of the molecule is CC(O)COc1ccccc1CN. The van der Waals surface area contributed by atoms with E-state index in [9.17, 15) is 0 Å². The van der Waals surface area contributed by atoms with Crippen molar-refractivity contribution in [3.05, 3.63) is 29.8 Å². The van der Waals surface area contributed by atoms with Crippen LogP contribution in [0.4, 0.5) is 0 Å². The van der Waals surface area contributed by atoms with Crippen molar-refractivity contribution >= 4 is 0 Å². The molecule has 0 saturated carbocycles. The molecule has 0 amide bonds. The number of nitrogens with two attached hydrogens (primary N) is 1. The van der Waals surface area contributed by atoms with Gasteiger partial charge in [-0.15, -0.1) is 0 Å². The molecule has 0 aliphatic carbocycles. The van der Waals surface area contributed by atoms with Crippen molar-refractivity contribution in [2.75, 3.05) is 6.61 Å². The maximum Gasteiger partial charge on any atom is 0.123 e. The summed E-state index contributed by atoms with van der Waals surface area (Å²) in [5.41, 5.74) is 6.48. The van der Waals surface area contributed by atoms with Crippen LogP contribution in [-0.4, -0.2) is 17.8 Å². The summed E-state index contributed by atoms with van der Waals surface area (Å²) in [6, 6.07) is 7.57. The van der Waals surface area contributed by atoms with Gasteiger partial charge in [0.1, 0.15) is 12.4 Å². The summed E-state index contributed by atoms with van der Waals surface area (Å²) in [6.07, 6.45) is -0.453. The normalized spacial score (nSPS) is 12.5. The van der Waals surface area contributed by atoms with Crippen LogP contribution in [-0.2, 0) is 6.54 Å². The number of aliphatic hydroxyl groups excluding tert-OH is 1. The Kier molecular flexibility index (Phi) is 3.73. The van der Waals surface area contributed by atoms with Crippen LogP contribution >= 0.6 is 0 Å². The minimum atomic E-state index is -0.453. The van der Waals surface area contributed by atoms with E-state index in [0.717, 1.165) is 11.3 Å². The average molecular weight is 181 g/mol. The molecule has 0 saturated heterocycles. The van der Waals surface area contributed by atoms with Gasteiger partial charge in [-0.1, -0.05) is 18.2 Å². The zero-order valence-electron chi connectivity index (χ0n) is 7.73. The lowest BCUT2D eigenvalue weighted by Crippen LogP contribution is -2.14. The van der Waals surface area contributed by atoms with Crippen LogP contribution in [0.1, 0.15) is 12.5 Å². The highest BCUT2D eigenvalue weighted by atomic mass is 16.5. The van der Waals surface area contributed by atoms with Crippen LogP contribution in [0.3, 0.4) is 0 Å². The topological polar surface area (TPSA) is 55.5 Å². The van der Waals surface area contributed by atoms with Crippen LogP contribution in [0, 0.1) is 0 Å². The molecule has 1 rings (SSSR count). The van der Waals surface area contributed by atoms with Crippen molar-refractivity contribution in [2.24, 2.45) is 5.73 Å². The van der Waals surface area contributed by atoms with E-state index in [2.05, 4.69) is 0 Å². The first-order chi connectivity index (χ1) is 6.24. The van der Waals surface area contributed by atoms with E-state index in [1.807, 2.05) is 24.3 Å². The van der Waals surface area contributed by atoms with E-state index in [1.54, 1.807) is 6.92 Å². The number of para-hydroxylation sites is 1. The molecule has 1 aromatic carbocycles. The Morgan fingerprint density at radius 1 is 1.46 bits per heavy atom. The van der Waals surface area contributed by atoms with Crippen molar-refractivity contribution in [3.8, 4) is 5.75 Å². The lowest BCUT2D eigenvalue weighted by Gasteiger charge is -2.11. The third-order valence-electron chi connectivity index (χ3n) is 1.67. The van der Waals surface area contributed by atoms with Gasteiger partial charge >= 0.3 is 0 Å². The average Bonchev–Trinajstić information content (AvgIpc) is 2.15. The van der Waals surface area contributed by atoms with Crippen molar-refractivity contribution in [1.29, 1.82) is 0 Å². The number of rotatable bonds is 4. The molecule has 13 heavy (non-hydrogen) atoms. The van der Waals surface area contributed by atoms with Gasteiger partial charge < -0.3 is 15.6 Å². The molecule has 1 unspecified atom stereocenters. The lowest BCUT2D eigenvalue weighted by atomic mass is 10.2. The highest BCUT2D eigenvalue weighted by Crippen LogP contribution is 2.16. The Balaban J connectivity index is 2.64. The van der Waals surface area contributed by atoms with Crippen LogP contribution < -0.4 is 10.5 Å². The first-order valence-electron chi connectivity index (χ1n) is 4.33. The molecular weight excluding hydrogens is 166 g/mol. The first kappa shape index (κ1) is 10.0. The minimum absolute atomic E-state index is 0.303. The summed E-state index contributed by atoms with van der Waals surface area (Å²) in [5, 5.41) is 9.02. The van der Waals surface area contributed by atoms with Gasteiger partial charge in [0.2, 0.25) is 0 Å². The summed E-state index contributed by atoms with van der Waals surface area (Å²) in [7, 11) is 0. The van der Waals surface area contributed by atoms with E-state index >= 15 is 0 Å². The second-order valence-electron chi connectivity index (χ2n) is 2.97. The fourth-order valence-electron chi connectivity index (χ4n) is 1.02. The molecule has 1 aromatic rings. The van der Waals surface area contributed by atoms with Gasteiger partial charge in [-0.2, -0.15) is 0 Å². The zero-order valence-corrected chi connectivity index (χ0v) is 7.73. The van der Waals surface area contributed by atoms with E-state index in [4.69, 9.17) is 15.6 Å². The maximum atomic E-state index is 9.02. The van der Waals surface area contributed by atoms with E-state index in [1.165, 1.54) is 0 Å². The van der Waals surface area contributed by atoms with Crippen LogP contribution in [0.5, 0.6) is 5.75 Å². The standard InChI is InChI=1S/C10H15NO2/c1-8(12)7-13-10-5-3-2-4-9(10)6-11/h2-5,8,12H,6-7,11H2,1H3. The van der Waals surface area contributed by atoms with Crippen LogP contribution in [0.2, 0.25) is 0 Å². The second kappa shape index (κ2) is 4.84. The zero-order chi connectivity index (χ0) is 9.68. The van der Waals surface area contributed by atoms with E-state index in [0.29, 0.717) is 13.2 Å². The second-order valence-corrected chi connectivity index (χ2v) is 2.97. The van der Waals surface area contributed by atoms with Crippen molar-refractivity contribution in [3.63, 3.8) is 0 Å². The summed E-state index contributed by atoms with van der Waals surface area (Å²) in [4.78, 5) is 0. The van der Waals surface area contributed by atoms with Crippen molar-refractivity contribution in [2.45, 2.75) is 19.6 Å². The lowest BCUT2D eigenvalue weighted by molar-refractivity contribution is 0.122. The van der Waals surface area contributed by atoms with E-state index in [-0.39, 0.29) is 0 Å². The molecule has 0 aromatic heterocycles. The minimum Gasteiger partial charge on any atom is -0.491 e. The molecule has 3 N–H and O–H groups in total. The molecule has 0 fully saturated rings. The molecule has 1 atom stereocenters. The third kappa shape index (κ3) is 3.05. The molecule has 0 aliphatic heterocycles.